The van der Waals surface area contributed by atoms with Crippen molar-refractivity contribution in [2.45, 2.75) is 32.9 Å². The molecule has 26 heavy (non-hydrogen) atoms. The highest BCUT2D eigenvalue weighted by Gasteiger charge is 2.26. The van der Waals surface area contributed by atoms with E-state index in [1.54, 1.807) is 0 Å². The largest absolute Gasteiger partial charge is 0.494 e. The molecule has 4 rings (SSSR count). The standard InChI is InChI=1S/C21H23N3O2/c1-2-26-17-9-7-15(8-10-17)14-22-21(25)16-11-12-24-19-6-4-3-5-18(19)23-20(24)13-16/h3-10,16H,2,11-14H2,1H3,(H,22,25)/t16-/m0/s1. The van der Waals surface area contributed by atoms with Crippen LogP contribution >= 0.6 is 0 Å². The van der Waals surface area contributed by atoms with E-state index in [4.69, 9.17) is 9.72 Å². The molecule has 0 bridgehead atoms. The lowest BCUT2D eigenvalue weighted by Crippen LogP contribution is -2.35. The van der Waals surface area contributed by atoms with Gasteiger partial charge in [-0.1, -0.05) is 24.3 Å². The number of fused-ring (bicyclic) bond motifs is 3. The van der Waals surface area contributed by atoms with Crippen LogP contribution in [-0.4, -0.2) is 22.1 Å². The number of para-hydroxylation sites is 2. The molecule has 0 saturated heterocycles. The third-order valence-electron chi connectivity index (χ3n) is 4.94. The van der Waals surface area contributed by atoms with Gasteiger partial charge in [0, 0.05) is 25.4 Å². The van der Waals surface area contributed by atoms with Crippen molar-refractivity contribution in [3.63, 3.8) is 0 Å². The first kappa shape index (κ1) is 16.6. The van der Waals surface area contributed by atoms with Gasteiger partial charge < -0.3 is 14.6 Å². The molecule has 0 fully saturated rings. The quantitative estimate of drug-likeness (QED) is 0.769. The number of hydrogen-bond donors (Lipinski definition) is 1. The van der Waals surface area contributed by atoms with Crippen LogP contribution < -0.4 is 10.1 Å². The monoisotopic (exact) mass is 349 g/mol. The minimum absolute atomic E-state index is 0.0120. The van der Waals surface area contributed by atoms with E-state index in [2.05, 4.69) is 16.0 Å². The molecule has 1 atom stereocenters. The highest BCUT2D eigenvalue weighted by molar-refractivity contribution is 5.80. The molecule has 2 aromatic carbocycles. The minimum atomic E-state index is -0.0120. The van der Waals surface area contributed by atoms with Gasteiger partial charge >= 0.3 is 0 Å². The third-order valence-corrected chi connectivity index (χ3v) is 4.94. The van der Waals surface area contributed by atoms with Crippen molar-refractivity contribution < 1.29 is 9.53 Å². The first-order chi connectivity index (χ1) is 12.7. The molecule has 1 aliphatic rings. The number of carbonyl (C=O) groups excluding carboxylic acids is 1. The average molecular weight is 349 g/mol. The molecular formula is C21H23N3O2. The Kier molecular flexibility index (Phi) is 4.61. The number of nitrogens with one attached hydrogen (secondary N) is 1. The molecule has 0 radical (unpaired) electrons. The van der Waals surface area contributed by atoms with Crippen LogP contribution in [0.15, 0.2) is 48.5 Å². The highest BCUT2D eigenvalue weighted by atomic mass is 16.5. The molecule has 1 N–H and O–H groups in total. The number of aromatic nitrogens is 2. The molecule has 3 aromatic rings. The molecule has 5 heteroatoms. The maximum atomic E-state index is 12.6. The summed E-state index contributed by atoms with van der Waals surface area (Å²) in [5.74, 6) is 1.96. The van der Waals surface area contributed by atoms with Crippen molar-refractivity contribution in [3.05, 3.63) is 59.9 Å². The Morgan fingerprint density at radius 2 is 2.04 bits per heavy atom. The van der Waals surface area contributed by atoms with Crippen LogP contribution in [0.25, 0.3) is 11.0 Å². The summed E-state index contributed by atoms with van der Waals surface area (Å²) in [5.41, 5.74) is 3.25. The summed E-state index contributed by atoms with van der Waals surface area (Å²) < 4.78 is 7.68. The van der Waals surface area contributed by atoms with Gasteiger partial charge in [0.2, 0.25) is 5.91 Å². The van der Waals surface area contributed by atoms with Crippen molar-refractivity contribution in [3.8, 4) is 5.75 Å². The van der Waals surface area contributed by atoms with Crippen LogP contribution in [0.3, 0.4) is 0 Å². The predicted octanol–water partition coefficient (Wildman–Crippen LogP) is 3.31. The maximum Gasteiger partial charge on any atom is 0.223 e. The molecule has 1 aromatic heterocycles. The van der Waals surface area contributed by atoms with E-state index < -0.39 is 0 Å². The number of ether oxygens (including phenoxy) is 1. The van der Waals surface area contributed by atoms with E-state index in [9.17, 15) is 4.79 Å². The van der Waals surface area contributed by atoms with Crippen molar-refractivity contribution in [1.29, 1.82) is 0 Å². The Hall–Kier alpha value is -2.82. The number of amides is 1. The Bertz CT molecular complexity index is 915. The number of aryl methyl sites for hydroxylation is 1. The summed E-state index contributed by atoms with van der Waals surface area (Å²) in [6, 6.07) is 16.0. The number of carbonyl (C=O) groups is 1. The van der Waals surface area contributed by atoms with E-state index in [1.807, 2.05) is 49.4 Å². The van der Waals surface area contributed by atoms with Crippen molar-refractivity contribution >= 4 is 16.9 Å². The first-order valence-corrected chi connectivity index (χ1v) is 9.18. The van der Waals surface area contributed by atoms with Gasteiger partial charge in [0.15, 0.2) is 0 Å². The molecular weight excluding hydrogens is 326 g/mol. The van der Waals surface area contributed by atoms with E-state index in [-0.39, 0.29) is 11.8 Å². The molecule has 0 aliphatic carbocycles. The van der Waals surface area contributed by atoms with Gasteiger partial charge in [0.1, 0.15) is 11.6 Å². The van der Waals surface area contributed by atoms with Crippen LogP contribution in [0.4, 0.5) is 0 Å². The van der Waals surface area contributed by atoms with Gasteiger partial charge in [-0.05, 0) is 43.2 Å². The number of benzene rings is 2. The maximum absolute atomic E-state index is 12.6. The minimum Gasteiger partial charge on any atom is -0.494 e. The SMILES string of the molecule is CCOc1ccc(CNC(=O)[C@H]2CCn3c(nc4ccccc43)C2)cc1. The molecule has 5 nitrogen and oxygen atoms in total. The van der Waals surface area contributed by atoms with Crippen LogP contribution in [-0.2, 0) is 24.3 Å². The van der Waals surface area contributed by atoms with Gasteiger partial charge in [-0.2, -0.15) is 0 Å². The normalized spacial score (nSPS) is 16.3. The van der Waals surface area contributed by atoms with Crippen LogP contribution in [0.5, 0.6) is 5.75 Å². The second-order valence-electron chi connectivity index (χ2n) is 6.65. The van der Waals surface area contributed by atoms with Gasteiger partial charge in [0.05, 0.1) is 17.6 Å². The lowest BCUT2D eigenvalue weighted by Gasteiger charge is -2.23. The predicted molar refractivity (Wildman–Crippen MR) is 101 cm³/mol. The first-order valence-electron chi connectivity index (χ1n) is 9.18. The van der Waals surface area contributed by atoms with Crippen molar-refractivity contribution in [2.75, 3.05) is 6.61 Å². The van der Waals surface area contributed by atoms with Crippen molar-refractivity contribution in [2.24, 2.45) is 5.92 Å². The molecule has 1 amide bonds. The van der Waals surface area contributed by atoms with Gasteiger partial charge in [0.25, 0.3) is 0 Å². The second-order valence-corrected chi connectivity index (χ2v) is 6.65. The van der Waals surface area contributed by atoms with E-state index in [0.29, 0.717) is 19.6 Å². The van der Waals surface area contributed by atoms with E-state index in [1.165, 1.54) is 0 Å². The number of rotatable bonds is 5. The summed E-state index contributed by atoms with van der Waals surface area (Å²) in [6.07, 6.45) is 1.55. The number of nitrogens with zero attached hydrogens (tertiary/aromatic N) is 2. The van der Waals surface area contributed by atoms with Gasteiger partial charge in [-0.15, -0.1) is 0 Å². The Morgan fingerprint density at radius 1 is 1.23 bits per heavy atom. The topological polar surface area (TPSA) is 56.1 Å². The van der Waals surface area contributed by atoms with Crippen LogP contribution in [0, 0.1) is 5.92 Å². The number of imidazole rings is 1. The lowest BCUT2D eigenvalue weighted by molar-refractivity contribution is -0.125. The van der Waals surface area contributed by atoms with Crippen LogP contribution in [0.2, 0.25) is 0 Å². The zero-order valence-electron chi connectivity index (χ0n) is 14.9. The Balaban J connectivity index is 1.38. The Labute approximate surface area is 153 Å². The summed E-state index contributed by atoms with van der Waals surface area (Å²) in [5, 5.41) is 3.07. The Morgan fingerprint density at radius 3 is 2.85 bits per heavy atom. The summed E-state index contributed by atoms with van der Waals surface area (Å²) in [7, 11) is 0. The molecule has 0 spiro atoms. The zero-order valence-corrected chi connectivity index (χ0v) is 14.9. The molecule has 134 valence electrons. The molecule has 2 heterocycles. The number of hydrogen-bond acceptors (Lipinski definition) is 3. The second kappa shape index (κ2) is 7.20. The van der Waals surface area contributed by atoms with E-state index >= 15 is 0 Å². The molecule has 0 saturated carbocycles. The van der Waals surface area contributed by atoms with Gasteiger partial charge in [-0.3, -0.25) is 4.79 Å². The fourth-order valence-corrected chi connectivity index (χ4v) is 3.57. The highest BCUT2D eigenvalue weighted by Crippen LogP contribution is 2.25. The van der Waals surface area contributed by atoms with Crippen molar-refractivity contribution in [1.82, 2.24) is 14.9 Å². The summed E-state index contributed by atoms with van der Waals surface area (Å²) >= 11 is 0. The third kappa shape index (κ3) is 3.29. The fraction of sp³-hybridized carbons (Fsp3) is 0.333. The molecule has 1 aliphatic heterocycles. The van der Waals surface area contributed by atoms with Gasteiger partial charge in [-0.25, -0.2) is 4.98 Å². The summed E-state index contributed by atoms with van der Waals surface area (Å²) in [4.78, 5) is 17.3. The average Bonchev–Trinajstić information content (AvgIpc) is 3.05. The molecule has 0 unspecified atom stereocenters. The summed E-state index contributed by atoms with van der Waals surface area (Å²) in [6.45, 7) is 4.00. The smallest absolute Gasteiger partial charge is 0.223 e. The van der Waals surface area contributed by atoms with Crippen LogP contribution in [0.1, 0.15) is 24.7 Å². The zero-order chi connectivity index (χ0) is 17.9. The fourth-order valence-electron chi connectivity index (χ4n) is 3.57. The van der Waals surface area contributed by atoms with E-state index in [0.717, 1.165) is 41.1 Å². The lowest BCUT2D eigenvalue weighted by atomic mass is 9.96.